The van der Waals surface area contributed by atoms with Gasteiger partial charge in [-0.05, 0) is 55.7 Å². The van der Waals surface area contributed by atoms with Crippen molar-refractivity contribution >= 4 is 44.2 Å². The Morgan fingerprint density at radius 3 is 2.64 bits per heavy atom. The molecule has 0 radical (unpaired) electrons. The molecule has 1 fully saturated rings. The van der Waals surface area contributed by atoms with Crippen LogP contribution in [0.25, 0.3) is 11.0 Å². The summed E-state index contributed by atoms with van der Waals surface area (Å²) in [6, 6.07) is 9.24. The van der Waals surface area contributed by atoms with Crippen molar-refractivity contribution in [1.82, 2.24) is 10.1 Å². The number of sulfonamides is 1. The number of rotatable bonds is 4. The van der Waals surface area contributed by atoms with Crippen molar-refractivity contribution in [3.8, 4) is 0 Å². The van der Waals surface area contributed by atoms with Crippen molar-refractivity contribution in [2.45, 2.75) is 24.7 Å². The van der Waals surface area contributed by atoms with Gasteiger partial charge in [-0.3, -0.25) is 9.52 Å². The molecule has 1 amide bonds. The van der Waals surface area contributed by atoms with E-state index in [0.717, 1.165) is 18.4 Å². The smallest absolute Gasteiger partial charge is 0.276 e. The zero-order valence-corrected chi connectivity index (χ0v) is 16.7. The Morgan fingerprint density at radius 1 is 1.18 bits per heavy atom. The maximum atomic E-state index is 12.8. The molecule has 1 aliphatic heterocycles. The van der Waals surface area contributed by atoms with Crippen LogP contribution >= 0.6 is 11.6 Å². The first-order valence-corrected chi connectivity index (χ1v) is 10.7. The van der Waals surface area contributed by atoms with Crippen LogP contribution in [0.15, 0.2) is 45.8 Å². The van der Waals surface area contributed by atoms with Gasteiger partial charge in [0.2, 0.25) is 0 Å². The molecule has 7 nitrogen and oxygen atoms in total. The van der Waals surface area contributed by atoms with Crippen LogP contribution in [0.5, 0.6) is 0 Å². The number of carbonyl (C=O) groups excluding carboxylic acids is 1. The van der Waals surface area contributed by atoms with E-state index >= 15 is 0 Å². The molecule has 0 unspecified atom stereocenters. The highest BCUT2D eigenvalue weighted by molar-refractivity contribution is 7.92. The highest BCUT2D eigenvalue weighted by Crippen LogP contribution is 2.27. The number of fused-ring (bicyclic) bond motifs is 1. The minimum absolute atomic E-state index is 0.00960. The van der Waals surface area contributed by atoms with Gasteiger partial charge in [-0.2, -0.15) is 0 Å². The van der Waals surface area contributed by atoms with E-state index in [0.29, 0.717) is 34.8 Å². The van der Waals surface area contributed by atoms with E-state index < -0.39 is 10.0 Å². The standard InChI is InChI=1S/C19H18ClN3O4S/c1-12-4-5-13(10-16(12)20)22-28(25,26)14-6-7-17-15(11-14)18(21-27-17)19(24)23-8-2-3-9-23/h4-7,10-11,22H,2-3,8-9H2,1H3. The Hall–Kier alpha value is -2.58. The minimum Gasteiger partial charge on any atom is -0.355 e. The van der Waals surface area contributed by atoms with Crippen LogP contribution in [-0.2, 0) is 10.0 Å². The van der Waals surface area contributed by atoms with Crippen molar-refractivity contribution in [2.24, 2.45) is 0 Å². The first-order chi connectivity index (χ1) is 13.3. The number of likely N-dealkylation sites (tertiary alicyclic amines) is 1. The van der Waals surface area contributed by atoms with E-state index in [-0.39, 0.29) is 16.5 Å². The van der Waals surface area contributed by atoms with Gasteiger partial charge in [-0.1, -0.05) is 22.8 Å². The molecule has 146 valence electrons. The lowest BCUT2D eigenvalue weighted by atomic mass is 10.2. The Bertz CT molecular complexity index is 1170. The van der Waals surface area contributed by atoms with E-state index in [2.05, 4.69) is 9.88 Å². The van der Waals surface area contributed by atoms with E-state index in [4.69, 9.17) is 16.1 Å². The second-order valence-corrected chi connectivity index (χ2v) is 8.85. The van der Waals surface area contributed by atoms with Gasteiger partial charge >= 0.3 is 0 Å². The number of halogens is 1. The zero-order chi connectivity index (χ0) is 19.9. The van der Waals surface area contributed by atoms with Gasteiger partial charge in [-0.25, -0.2) is 8.42 Å². The fourth-order valence-electron chi connectivity index (χ4n) is 3.18. The van der Waals surface area contributed by atoms with Gasteiger partial charge in [0.1, 0.15) is 0 Å². The molecule has 9 heteroatoms. The molecule has 1 N–H and O–H groups in total. The number of aromatic nitrogens is 1. The number of nitrogens with zero attached hydrogens (tertiary/aromatic N) is 2. The molecule has 4 rings (SSSR count). The normalized spacial score (nSPS) is 14.6. The van der Waals surface area contributed by atoms with Crippen molar-refractivity contribution in [2.75, 3.05) is 17.8 Å². The molecule has 1 aromatic heterocycles. The molecule has 28 heavy (non-hydrogen) atoms. The summed E-state index contributed by atoms with van der Waals surface area (Å²) in [7, 11) is -3.88. The van der Waals surface area contributed by atoms with Crippen LogP contribution in [0.2, 0.25) is 5.02 Å². The Kier molecular flexibility index (Phi) is 4.76. The molecule has 2 heterocycles. The number of carbonyl (C=O) groups is 1. The second-order valence-electron chi connectivity index (χ2n) is 6.76. The molecule has 0 saturated carbocycles. The molecule has 1 aliphatic rings. The van der Waals surface area contributed by atoms with E-state index in [1.54, 1.807) is 23.1 Å². The molecule has 0 spiro atoms. The van der Waals surface area contributed by atoms with Crippen LogP contribution in [0.1, 0.15) is 28.9 Å². The van der Waals surface area contributed by atoms with Crippen molar-refractivity contribution in [1.29, 1.82) is 0 Å². The van der Waals surface area contributed by atoms with E-state index in [1.807, 2.05) is 6.92 Å². The Balaban J connectivity index is 1.68. The third-order valence-corrected chi connectivity index (χ3v) is 6.56. The summed E-state index contributed by atoms with van der Waals surface area (Å²) in [5.41, 5.74) is 1.70. The van der Waals surface area contributed by atoms with Gasteiger partial charge < -0.3 is 9.42 Å². The summed E-state index contributed by atoms with van der Waals surface area (Å²) in [6.45, 7) is 3.17. The average molecular weight is 420 g/mol. The van der Waals surface area contributed by atoms with Crippen molar-refractivity contribution in [3.63, 3.8) is 0 Å². The van der Waals surface area contributed by atoms with Gasteiger partial charge in [0.15, 0.2) is 11.3 Å². The number of anilines is 1. The van der Waals surface area contributed by atoms with Crippen LogP contribution < -0.4 is 4.72 Å². The summed E-state index contributed by atoms with van der Waals surface area (Å²) in [5, 5.41) is 4.71. The van der Waals surface area contributed by atoms with Crippen LogP contribution in [0.3, 0.4) is 0 Å². The highest BCUT2D eigenvalue weighted by atomic mass is 35.5. The maximum Gasteiger partial charge on any atom is 0.276 e. The Labute approximate surface area is 167 Å². The molecule has 0 atom stereocenters. The summed E-state index contributed by atoms with van der Waals surface area (Å²) in [6.07, 6.45) is 1.90. The van der Waals surface area contributed by atoms with Crippen LogP contribution in [0, 0.1) is 6.92 Å². The third kappa shape index (κ3) is 3.45. The molecule has 2 aromatic carbocycles. The Morgan fingerprint density at radius 2 is 1.93 bits per heavy atom. The summed E-state index contributed by atoms with van der Waals surface area (Å²) in [5.74, 6) is -0.246. The maximum absolute atomic E-state index is 12.8. The van der Waals surface area contributed by atoms with E-state index in [9.17, 15) is 13.2 Å². The van der Waals surface area contributed by atoms with Crippen molar-refractivity contribution in [3.05, 3.63) is 52.7 Å². The number of hydrogen-bond donors (Lipinski definition) is 1. The fourth-order valence-corrected chi connectivity index (χ4v) is 4.44. The summed E-state index contributed by atoms with van der Waals surface area (Å²) in [4.78, 5) is 14.4. The SMILES string of the molecule is Cc1ccc(NS(=O)(=O)c2ccc3onc(C(=O)N4CCCC4)c3c2)cc1Cl. The number of hydrogen-bond acceptors (Lipinski definition) is 5. The van der Waals surface area contributed by atoms with Crippen LogP contribution in [-0.4, -0.2) is 37.5 Å². The number of amides is 1. The van der Waals surface area contributed by atoms with Gasteiger partial charge in [-0.15, -0.1) is 0 Å². The monoisotopic (exact) mass is 419 g/mol. The molecule has 0 aliphatic carbocycles. The topological polar surface area (TPSA) is 92.5 Å². The van der Waals surface area contributed by atoms with Gasteiger partial charge in [0, 0.05) is 18.1 Å². The second kappa shape index (κ2) is 7.10. The lowest BCUT2D eigenvalue weighted by Gasteiger charge is -2.13. The number of aryl methyl sites for hydroxylation is 1. The lowest BCUT2D eigenvalue weighted by Crippen LogP contribution is -2.28. The summed E-state index contributed by atoms with van der Waals surface area (Å²) < 4.78 is 33.3. The quantitative estimate of drug-likeness (QED) is 0.693. The lowest BCUT2D eigenvalue weighted by molar-refractivity contribution is 0.0784. The predicted molar refractivity (Wildman–Crippen MR) is 106 cm³/mol. The molecule has 1 saturated heterocycles. The van der Waals surface area contributed by atoms with E-state index in [1.165, 1.54) is 18.2 Å². The first-order valence-electron chi connectivity index (χ1n) is 8.83. The first kappa shape index (κ1) is 18.8. The van der Waals surface area contributed by atoms with Crippen molar-refractivity contribution < 1.29 is 17.7 Å². The molecular weight excluding hydrogens is 402 g/mol. The highest BCUT2D eigenvalue weighted by Gasteiger charge is 2.26. The zero-order valence-electron chi connectivity index (χ0n) is 15.1. The van der Waals surface area contributed by atoms with Gasteiger partial charge in [0.25, 0.3) is 15.9 Å². The summed E-state index contributed by atoms with van der Waals surface area (Å²) >= 11 is 6.07. The third-order valence-electron chi connectivity index (χ3n) is 4.77. The van der Waals surface area contributed by atoms with Crippen LogP contribution in [0.4, 0.5) is 5.69 Å². The predicted octanol–water partition coefficient (Wildman–Crippen LogP) is 3.83. The fraction of sp³-hybridized carbons (Fsp3) is 0.263. The largest absolute Gasteiger partial charge is 0.355 e. The van der Waals surface area contributed by atoms with Gasteiger partial charge in [0.05, 0.1) is 16.0 Å². The number of nitrogens with one attached hydrogen (secondary N) is 1. The average Bonchev–Trinajstić information content (AvgIpc) is 3.33. The molecule has 0 bridgehead atoms. The molecular formula is C19H18ClN3O4S. The molecule has 3 aromatic rings. The number of benzene rings is 2. The minimum atomic E-state index is -3.88.